The molecular weight excluding hydrogens is 407 g/mol. The van der Waals surface area contributed by atoms with Crippen LogP contribution in [0.5, 0.6) is 0 Å². The number of carbonyl (C=O) groups excluding carboxylic acids is 1. The summed E-state index contributed by atoms with van der Waals surface area (Å²) in [4.78, 5) is 25.1. The van der Waals surface area contributed by atoms with Crippen LogP contribution in [0.25, 0.3) is 21.3 Å². The fourth-order valence-electron chi connectivity index (χ4n) is 3.65. The number of anilines is 1. The number of ether oxygens (including phenoxy) is 1. The van der Waals surface area contributed by atoms with Gasteiger partial charge >= 0.3 is 0 Å². The maximum atomic E-state index is 13.0. The van der Waals surface area contributed by atoms with Crippen molar-refractivity contribution in [3.8, 4) is 11.1 Å². The average Bonchev–Trinajstić information content (AvgIpc) is 3.14. The number of alkyl halides is 1. The van der Waals surface area contributed by atoms with Crippen LogP contribution < -0.4 is 5.32 Å². The van der Waals surface area contributed by atoms with E-state index in [9.17, 15) is 14.3 Å². The van der Waals surface area contributed by atoms with Gasteiger partial charge in [0.25, 0.3) is 0 Å². The van der Waals surface area contributed by atoms with E-state index in [2.05, 4.69) is 20.3 Å². The number of hydrogen-bond acceptors (Lipinski definition) is 7. The number of aliphatic hydroxyl groups is 1. The summed E-state index contributed by atoms with van der Waals surface area (Å²) in [6.07, 6.45) is 4.87. The lowest BCUT2D eigenvalue weighted by Crippen LogP contribution is -2.22. The number of hydrogen-bond donors (Lipinski definition) is 2. The molecule has 9 heteroatoms. The Balaban J connectivity index is 1.26. The summed E-state index contributed by atoms with van der Waals surface area (Å²) in [5.74, 6) is -0.268. The standard InChI is InChI=1S/C21H21FN4O3S/c22-14-7-13(14)20(28)26-21-25-15-5-4-11(6-18(15)30-21)12-8-23-19(24-9-12)10-29-17-3-1-2-16(17)27/h4-6,8-9,13-14,16-17,27H,1-3,7,10H2,(H,25,26,28)/t13-,14+,16+,17+/m1/s1. The van der Waals surface area contributed by atoms with Gasteiger partial charge in [0, 0.05) is 18.0 Å². The monoisotopic (exact) mass is 428 g/mol. The lowest BCUT2D eigenvalue weighted by atomic mass is 10.1. The number of aliphatic hydroxyl groups excluding tert-OH is 1. The predicted molar refractivity (Wildman–Crippen MR) is 111 cm³/mol. The molecule has 0 radical (unpaired) electrons. The molecule has 2 aliphatic carbocycles. The second-order valence-corrected chi connectivity index (χ2v) is 8.82. The van der Waals surface area contributed by atoms with Gasteiger partial charge in [-0.2, -0.15) is 0 Å². The third-order valence-electron chi connectivity index (χ3n) is 5.55. The fourth-order valence-corrected chi connectivity index (χ4v) is 4.56. The molecule has 7 nitrogen and oxygen atoms in total. The summed E-state index contributed by atoms with van der Waals surface area (Å²) in [7, 11) is 0. The summed E-state index contributed by atoms with van der Waals surface area (Å²) in [6.45, 7) is 0.277. The molecule has 2 N–H and O–H groups in total. The second-order valence-electron chi connectivity index (χ2n) is 7.78. The highest BCUT2D eigenvalue weighted by atomic mass is 32.1. The van der Waals surface area contributed by atoms with Gasteiger partial charge in [-0.05, 0) is 43.4 Å². The first-order valence-electron chi connectivity index (χ1n) is 10.0. The van der Waals surface area contributed by atoms with Crippen molar-refractivity contribution in [1.82, 2.24) is 15.0 Å². The highest BCUT2D eigenvalue weighted by Crippen LogP contribution is 2.36. The van der Waals surface area contributed by atoms with E-state index in [0.29, 0.717) is 17.4 Å². The number of halogens is 1. The van der Waals surface area contributed by atoms with Gasteiger partial charge in [0.05, 0.1) is 28.3 Å². The third-order valence-corrected chi connectivity index (χ3v) is 6.48. The third kappa shape index (κ3) is 4.05. The minimum atomic E-state index is -1.03. The largest absolute Gasteiger partial charge is 0.390 e. The number of carbonyl (C=O) groups is 1. The van der Waals surface area contributed by atoms with E-state index in [1.54, 1.807) is 12.4 Å². The van der Waals surface area contributed by atoms with Gasteiger partial charge in [-0.1, -0.05) is 17.4 Å². The Bertz CT molecular complexity index is 1070. The SMILES string of the molecule is O=C(Nc1nc2ccc(-c3cnc(CO[C@H]4CCC[C@@H]4O)nc3)cc2s1)[C@@H]1C[C@@H]1F. The molecule has 0 spiro atoms. The van der Waals surface area contributed by atoms with Crippen LogP contribution in [-0.4, -0.2) is 44.3 Å². The molecule has 0 aliphatic heterocycles. The van der Waals surface area contributed by atoms with Crippen molar-refractivity contribution >= 4 is 32.6 Å². The molecule has 1 aromatic carbocycles. The van der Waals surface area contributed by atoms with Crippen LogP contribution in [0.15, 0.2) is 30.6 Å². The molecule has 0 bridgehead atoms. The number of benzene rings is 1. The highest BCUT2D eigenvalue weighted by Gasteiger charge is 2.43. The zero-order valence-corrected chi connectivity index (χ0v) is 16.9. The molecule has 30 heavy (non-hydrogen) atoms. The van der Waals surface area contributed by atoms with Crippen molar-refractivity contribution in [3.63, 3.8) is 0 Å². The normalized spacial score (nSPS) is 25.5. The molecule has 0 unspecified atom stereocenters. The van der Waals surface area contributed by atoms with E-state index < -0.39 is 18.2 Å². The van der Waals surface area contributed by atoms with E-state index in [-0.39, 0.29) is 18.6 Å². The van der Waals surface area contributed by atoms with Crippen molar-refractivity contribution in [3.05, 3.63) is 36.4 Å². The van der Waals surface area contributed by atoms with Gasteiger partial charge in [0.1, 0.15) is 12.8 Å². The molecule has 2 saturated carbocycles. The minimum absolute atomic E-state index is 0.132. The number of nitrogens with zero attached hydrogens (tertiary/aromatic N) is 3. The first-order valence-corrected chi connectivity index (χ1v) is 10.8. The summed E-state index contributed by atoms with van der Waals surface area (Å²) in [5, 5.41) is 13.0. The van der Waals surface area contributed by atoms with Gasteiger partial charge in [-0.3, -0.25) is 4.79 Å². The van der Waals surface area contributed by atoms with Gasteiger partial charge in [0.2, 0.25) is 5.91 Å². The van der Waals surface area contributed by atoms with Crippen molar-refractivity contribution in [2.75, 3.05) is 5.32 Å². The Labute approximate surface area is 176 Å². The molecule has 2 aromatic heterocycles. The molecule has 156 valence electrons. The molecule has 5 rings (SSSR count). The summed E-state index contributed by atoms with van der Waals surface area (Å²) in [6, 6.07) is 5.78. The number of fused-ring (bicyclic) bond motifs is 1. The molecule has 1 amide bonds. The summed E-state index contributed by atoms with van der Waals surface area (Å²) < 4.78 is 19.7. The predicted octanol–water partition coefficient (Wildman–Crippen LogP) is 3.48. The van der Waals surface area contributed by atoms with E-state index in [4.69, 9.17) is 4.74 Å². The highest BCUT2D eigenvalue weighted by molar-refractivity contribution is 7.22. The average molecular weight is 428 g/mol. The van der Waals surface area contributed by atoms with Gasteiger partial charge in [-0.15, -0.1) is 0 Å². The number of amides is 1. The van der Waals surface area contributed by atoms with Crippen LogP contribution in [0.4, 0.5) is 9.52 Å². The van der Waals surface area contributed by atoms with E-state index >= 15 is 0 Å². The molecule has 2 heterocycles. The molecule has 2 aliphatic rings. The fraction of sp³-hybridized carbons (Fsp3) is 0.429. The van der Waals surface area contributed by atoms with Crippen LogP contribution in [0.1, 0.15) is 31.5 Å². The first-order chi connectivity index (χ1) is 14.6. The number of aromatic nitrogens is 3. The van der Waals surface area contributed by atoms with Crippen LogP contribution in [-0.2, 0) is 16.1 Å². The van der Waals surface area contributed by atoms with Gasteiger partial charge in [-0.25, -0.2) is 19.3 Å². The van der Waals surface area contributed by atoms with Crippen molar-refractivity contribution < 1.29 is 19.0 Å². The Kier molecular flexibility index (Phi) is 5.18. The molecule has 0 saturated heterocycles. The summed E-state index contributed by atoms with van der Waals surface area (Å²) in [5.41, 5.74) is 2.57. The molecular formula is C21H21FN4O3S. The van der Waals surface area contributed by atoms with Crippen LogP contribution >= 0.6 is 11.3 Å². The quantitative estimate of drug-likeness (QED) is 0.624. The molecule has 3 aromatic rings. The maximum absolute atomic E-state index is 13.0. The maximum Gasteiger partial charge on any atom is 0.232 e. The zero-order valence-electron chi connectivity index (χ0n) is 16.1. The topological polar surface area (TPSA) is 97.2 Å². The lowest BCUT2D eigenvalue weighted by Gasteiger charge is -2.14. The first kappa shape index (κ1) is 19.5. The molecule has 2 fully saturated rings. The van der Waals surface area contributed by atoms with Crippen molar-refractivity contribution in [2.45, 2.75) is 50.7 Å². The Morgan fingerprint density at radius 1 is 1.27 bits per heavy atom. The van der Waals surface area contributed by atoms with E-state index in [0.717, 1.165) is 40.6 Å². The number of nitrogens with one attached hydrogen (secondary N) is 1. The Morgan fingerprint density at radius 2 is 2.07 bits per heavy atom. The smallest absolute Gasteiger partial charge is 0.232 e. The zero-order chi connectivity index (χ0) is 20.7. The van der Waals surface area contributed by atoms with E-state index in [1.165, 1.54) is 11.3 Å². The van der Waals surface area contributed by atoms with Crippen LogP contribution in [0.2, 0.25) is 0 Å². The van der Waals surface area contributed by atoms with Crippen LogP contribution in [0.3, 0.4) is 0 Å². The lowest BCUT2D eigenvalue weighted by molar-refractivity contribution is -0.117. The Morgan fingerprint density at radius 3 is 2.77 bits per heavy atom. The van der Waals surface area contributed by atoms with Crippen molar-refractivity contribution in [2.24, 2.45) is 5.92 Å². The minimum Gasteiger partial charge on any atom is -0.390 e. The van der Waals surface area contributed by atoms with E-state index in [1.807, 2.05) is 18.2 Å². The van der Waals surface area contributed by atoms with Crippen LogP contribution in [0, 0.1) is 5.92 Å². The van der Waals surface area contributed by atoms with Gasteiger partial charge in [0.15, 0.2) is 11.0 Å². The Hall–Kier alpha value is -2.49. The van der Waals surface area contributed by atoms with Gasteiger partial charge < -0.3 is 15.2 Å². The second kappa shape index (κ2) is 7.98. The number of thiazole rings is 1. The number of rotatable bonds is 6. The van der Waals surface area contributed by atoms with Crippen molar-refractivity contribution in [1.29, 1.82) is 0 Å². The molecule has 4 atom stereocenters. The summed E-state index contributed by atoms with van der Waals surface area (Å²) >= 11 is 1.36.